The average molecular weight is 296 g/mol. The van der Waals surface area contributed by atoms with Crippen LogP contribution >= 0.6 is 0 Å². The molecule has 0 amide bonds. The summed E-state index contributed by atoms with van der Waals surface area (Å²) < 4.78 is 0. The van der Waals surface area contributed by atoms with Gasteiger partial charge >= 0.3 is 0 Å². The van der Waals surface area contributed by atoms with Crippen LogP contribution in [0.15, 0.2) is 47.5 Å². The summed E-state index contributed by atoms with van der Waals surface area (Å²) in [5, 5.41) is 10.7. The lowest BCUT2D eigenvalue weighted by molar-refractivity contribution is 0.452. The van der Waals surface area contributed by atoms with Gasteiger partial charge in [-0.1, -0.05) is 44.2 Å². The van der Waals surface area contributed by atoms with E-state index in [1.165, 1.54) is 5.56 Å². The van der Waals surface area contributed by atoms with Crippen molar-refractivity contribution < 1.29 is 5.11 Å². The SMILES string of the molecule is CN=Cc1cc(N(C)C)cc(C(C)(C)c2ccccc2)c1O. The normalized spacial score (nSPS) is 11.9. The number of aliphatic imine (C=N–C) groups is 1. The summed E-state index contributed by atoms with van der Waals surface area (Å²) in [6, 6.07) is 14.2. The molecule has 2 aromatic carbocycles. The van der Waals surface area contributed by atoms with E-state index in [0.29, 0.717) is 5.75 Å². The number of hydrogen-bond donors (Lipinski definition) is 1. The van der Waals surface area contributed by atoms with E-state index in [1.807, 2.05) is 43.3 Å². The Bertz CT molecular complexity index is 673. The summed E-state index contributed by atoms with van der Waals surface area (Å²) in [6.07, 6.45) is 1.70. The highest BCUT2D eigenvalue weighted by Crippen LogP contribution is 2.40. The molecule has 0 heterocycles. The van der Waals surface area contributed by atoms with Gasteiger partial charge in [-0.25, -0.2) is 0 Å². The summed E-state index contributed by atoms with van der Waals surface area (Å²) in [5.41, 5.74) is 3.56. The highest BCUT2D eigenvalue weighted by atomic mass is 16.3. The number of phenolic OH excluding ortho intramolecular Hbond substituents is 1. The standard InChI is InChI=1S/C19H24N2O/c1-19(2,15-9-7-6-8-10-15)17-12-16(21(4)5)11-14(13-20-3)18(17)22/h6-13,22H,1-5H3. The molecule has 0 spiro atoms. The summed E-state index contributed by atoms with van der Waals surface area (Å²) in [7, 11) is 5.71. The summed E-state index contributed by atoms with van der Waals surface area (Å²) in [4.78, 5) is 6.10. The van der Waals surface area contributed by atoms with E-state index in [9.17, 15) is 5.11 Å². The Morgan fingerprint density at radius 3 is 2.27 bits per heavy atom. The molecule has 0 atom stereocenters. The van der Waals surface area contributed by atoms with Crippen LogP contribution in [0.4, 0.5) is 5.69 Å². The first-order chi connectivity index (χ1) is 10.4. The Hall–Kier alpha value is -2.29. The molecule has 22 heavy (non-hydrogen) atoms. The molecule has 1 N–H and O–H groups in total. The summed E-state index contributed by atoms with van der Waals surface area (Å²) in [6.45, 7) is 4.26. The number of nitrogens with zero attached hydrogens (tertiary/aromatic N) is 2. The van der Waals surface area contributed by atoms with Crippen LogP contribution in [0.3, 0.4) is 0 Å². The first-order valence-corrected chi connectivity index (χ1v) is 7.40. The van der Waals surface area contributed by atoms with Crippen molar-refractivity contribution in [2.45, 2.75) is 19.3 Å². The van der Waals surface area contributed by atoms with Crippen LogP contribution in [0.1, 0.15) is 30.5 Å². The Labute approximate surface area is 132 Å². The van der Waals surface area contributed by atoms with Crippen LogP contribution in [0.25, 0.3) is 0 Å². The summed E-state index contributed by atoms with van der Waals surface area (Å²) in [5.74, 6) is 0.296. The molecule has 116 valence electrons. The fraction of sp³-hybridized carbons (Fsp3) is 0.316. The van der Waals surface area contributed by atoms with Gasteiger partial charge in [-0.3, -0.25) is 4.99 Å². The zero-order valence-electron chi connectivity index (χ0n) is 14.0. The van der Waals surface area contributed by atoms with Gasteiger partial charge in [0.25, 0.3) is 0 Å². The molecular weight excluding hydrogens is 272 g/mol. The molecule has 0 aliphatic rings. The second-order valence-corrected chi connectivity index (χ2v) is 6.20. The lowest BCUT2D eigenvalue weighted by Crippen LogP contribution is -2.21. The summed E-state index contributed by atoms with van der Waals surface area (Å²) >= 11 is 0. The van der Waals surface area contributed by atoms with E-state index < -0.39 is 0 Å². The molecule has 2 rings (SSSR count). The van der Waals surface area contributed by atoms with Gasteiger partial charge in [0.15, 0.2) is 0 Å². The third-order valence-corrected chi connectivity index (χ3v) is 4.08. The van der Waals surface area contributed by atoms with Gasteiger partial charge in [0.05, 0.1) is 0 Å². The minimum Gasteiger partial charge on any atom is -0.507 e. The molecule has 0 bridgehead atoms. The maximum Gasteiger partial charge on any atom is 0.128 e. The Morgan fingerprint density at radius 2 is 1.73 bits per heavy atom. The number of aromatic hydroxyl groups is 1. The molecule has 3 nitrogen and oxygen atoms in total. The zero-order valence-corrected chi connectivity index (χ0v) is 14.0. The van der Waals surface area contributed by atoms with E-state index >= 15 is 0 Å². The number of anilines is 1. The van der Waals surface area contributed by atoms with Gasteiger partial charge in [0, 0.05) is 49.6 Å². The minimum absolute atomic E-state index is 0.296. The van der Waals surface area contributed by atoms with E-state index in [0.717, 1.165) is 16.8 Å². The lowest BCUT2D eigenvalue weighted by atomic mass is 9.77. The first-order valence-electron chi connectivity index (χ1n) is 7.40. The van der Waals surface area contributed by atoms with Crippen LogP contribution in [-0.4, -0.2) is 32.5 Å². The molecule has 0 saturated heterocycles. The van der Waals surface area contributed by atoms with Gasteiger partial charge in [-0.2, -0.15) is 0 Å². The molecule has 0 saturated carbocycles. The van der Waals surface area contributed by atoms with Crippen LogP contribution in [0.2, 0.25) is 0 Å². The van der Waals surface area contributed by atoms with E-state index in [2.05, 4.69) is 37.0 Å². The fourth-order valence-corrected chi connectivity index (χ4v) is 2.62. The number of benzene rings is 2. The van der Waals surface area contributed by atoms with E-state index in [-0.39, 0.29) is 5.41 Å². The van der Waals surface area contributed by atoms with Crippen molar-refractivity contribution >= 4 is 11.9 Å². The van der Waals surface area contributed by atoms with Crippen LogP contribution < -0.4 is 4.90 Å². The Balaban J connectivity index is 2.68. The predicted molar refractivity (Wildman–Crippen MR) is 94.5 cm³/mol. The molecule has 2 aromatic rings. The van der Waals surface area contributed by atoms with E-state index in [1.54, 1.807) is 13.3 Å². The molecule has 0 aromatic heterocycles. The maximum atomic E-state index is 10.7. The molecule has 0 aliphatic heterocycles. The van der Waals surface area contributed by atoms with Crippen molar-refractivity contribution in [1.29, 1.82) is 0 Å². The second kappa shape index (κ2) is 6.22. The minimum atomic E-state index is -0.298. The van der Waals surface area contributed by atoms with Gasteiger partial charge in [0.1, 0.15) is 5.75 Å². The predicted octanol–water partition coefficient (Wildman–Crippen LogP) is 3.83. The van der Waals surface area contributed by atoms with E-state index in [4.69, 9.17) is 0 Å². The van der Waals surface area contributed by atoms with Crippen LogP contribution in [-0.2, 0) is 5.41 Å². The van der Waals surface area contributed by atoms with Crippen LogP contribution in [0, 0.1) is 0 Å². The highest BCUT2D eigenvalue weighted by molar-refractivity contribution is 5.86. The lowest BCUT2D eigenvalue weighted by Gasteiger charge is -2.29. The molecule has 0 radical (unpaired) electrons. The smallest absolute Gasteiger partial charge is 0.128 e. The Kier molecular flexibility index (Phi) is 4.55. The largest absolute Gasteiger partial charge is 0.507 e. The number of rotatable bonds is 4. The molecule has 0 fully saturated rings. The Morgan fingerprint density at radius 1 is 1.09 bits per heavy atom. The van der Waals surface area contributed by atoms with Crippen molar-refractivity contribution in [2.75, 3.05) is 26.0 Å². The fourth-order valence-electron chi connectivity index (χ4n) is 2.62. The van der Waals surface area contributed by atoms with Crippen LogP contribution in [0.5, 0.6) is 5.75 Å². The zero-order chi connectivity index (χ0) is 16.3. The van der Waals surface area contributed by atoms with Crippen molar-refractivity contribution in [2.24, 2.45) is 4.99 Å². The van der Waals surface area contributed by atoms with Crippen molar-refractivity contribution in [1.82, 2.24) is 0 Å². The quantitative estimate of drug-likeness (QED) is 0.870. The van der Waals surface area contributed by atoms with Gasteiger partial charge < -0.3 is 10.0 Å². The third kappa shape index (κ3) is 2.98. The van der Waals surface area contributed by atoms with Crippen molar-refractivity contribution in [3.05, 3.63) is 59.2 Å². The van der Waals surface area contributed by atoms with Gasteiger partial charge in [-0.05, 0) is 17.7 Å². The average Bonchev–Trinajstić information content (AvgIpc) is 2.50. The molecule has 0 unspecified atom stereocenters. The first kappa shape index (κ1) is 16.1. The molecule has 3 heteroatoms. The molecule has 0 aliphatic carbocycles. The highest BCUT2D eigenvalue weighted by Gasteiger charge is 2.28. The van der Waals surface area contributed by atoms with Gasteiger partial charge in [-0.15, -0.1) is 0 Å². The van der Waals surface area contributed by atoms with Crippen molar-refractivity contribution in [3.63, 3.8) is 0 Å². The monoisotopic (exact) mass is 296 g/mol. The van der Waals surface area contributed by atoms with Crippen molar-refractivity contribution in [3.8, 4) is 5.75 Å². The second-order valence-electron chi connectivity index (χ2n) is 6.20. The maximum absolute atomic E-state index is 10.7. The van der Waals surface area contributed by atoms with Gasteiger partial charge in [0.2, 0.25) is 0 Å². The number of hydrogen-bond acceptors (Lipinski definition) is 3. The topological polar surface area (TPSA) is 35.8 Å². The third-order valence-electron chi connectivity index (χ3n) is 4.08. The number of phenols is 1. The molecular formula is C19H24N2O.